The standard InChI is InChI=1S/C28H27F5N2O5S/c1-2-41(38,39)23-13-5-18(6-14-23)24(16-36)34-26(37)19-3-9-21(10-4-19)35-15-25(27(29,30)17-35)40-22-11-7-20(8-12-22)28(31,32)33/h3-14,24-25,36H,2,15-17H2,1H3,(H,34,37)/t24-,25?/m0/s1. The highest BCUT2D eigenvalue weighted by atomic mass is 32.2. The van der Waals surface area contributed by atoms with Crippen LogP contribution in [0.15, 0.2) is 77.7 Å². The Morgan fingerprint density at radius 3 is 2.20 bits per heavy atom. The van der Waals surface area contributed by atoms with Crippen molar-refractivity contribution < 1.29 is 45.0 Å². The number of nitrogens with one attached hydrogen (secondary N) is 1. The van der Waals surface area contributed by atoms with E-state index in [1.54, 1.807) is 0 Å². The number of halogens is 5. The maximum atomic E-state index is 14.7. The van der Waals surface area contributed by atoms with Crippen molar-refractivity contribution in [2.75, 3.05) is 30.3 Å². The molecule has 1 saturated heterocycles. The number of anilines is 1. The number of aliphatic hydroxyl groups excluding tert-OH is 1. The van der Waals surface area contributed by atoms with Crippen molar-refractivity contribution in [3.05, 3.63) is 89.5 Å². The first kappa shape index (κ1) is 30.3. The van der Waals surface area contributed by atoms with Crippen molar-refractivity contribution in [3.63, 3.8) is 0 Å². The van der Waals surface area contributed by atoms with Crippen LogP contribution in [0.3, 0.4) is 0 Å². The van der Waals surface area contributed by atoms with Gasteiger partial charge in [0, 0.05) is 11.3 Å². The van der Waals surface area contributed by atoms with Crippen LogP contribution in [-0.4, -0.2) is 56.9 Å². The molecule has 2 N–H and O–H groups in total. The van der Waals surface area contributed by atoms with Crippen LogP contribution in [0, 0.1) is 0 Å². The van der Waals surface area contributed by atoms with E-state index in [-0.39, 0.29) is 28.5 Å². The molecule has 0 bridgehead atoms. The molecule has 1 unspecified atom stereocenters. The number of ether oxygens (including phenoxy) is 1. The zero-order valence-corrected chi connectivity index (χ0v) is 22.6. The second-order valence-electron chi connectivity index (χ2n) is 9.50. The summed E-state index contributed by atoms with van der Waals surface area (Å²) in [7, 11) is -3.40. The highest BCUT2D eigenvalue weighted by molar-refractivity contribution is 7.91. The van der Waals surface area contributed by atoms with Crippen LogP contribution < -0.4 is 15.0 Å². The lowest BCUT2D eigenvalue weighted by molar-refractivity contribution is -0.137. The van der Waals surface area contributed by atoms with Gasteiger partial charge in [0.1, 0.15) is 5.75 Å². The number of alkyl halides is 5. The zero-order valence-electron chi connectivity index (χ0n) is 21.7. The molecule has 2 atom stereocenters. The lowest BCUT2D eigenvalue weighted by Gasteiger charge is -2.20. The van der Waals surface area contributed by atoms with Crippen LogP contribution in [-0.2, 0) is 16.0 Å². The first-order valence-electron chi connectivity index (χ1n) is 12.5. The minimum absolute atomic E-state index is 0.0651. The van der Waals surface area contributed by atoms with Crippen molar-refractivity contribution in [1.82, 2.24) is 5.32 Å². The van der Waals surface area contributed by atoms with Gasteiger partial charge in [-0.3, -0.25) is 4.79 Å². The van der Waals surface area contributed by atoms with Crippen LogP contribution in [0.2, 0.25) is 0 Å². The SMILES string of the molecule is CCS(=O)(=O)c1ccc([C@H](CO)NC(=O)c2ccc(N3CC(Oc4ccc(C(F)(F)F)cc4)C(F)(F)C3)cc2)cc1. The Kier molecular flexibility index (Phi) is 8.59. The molecule has 7 nitrogen and oxygen atoms in total. The third-order valence-corrected chi connectivity index (χ3v) is 8.47. The van der Waals surface area contributed by atoms with Gasteiger partial charge in [0.15, 0.2) is 15.9 Å². The van der Waals surface area contributed by atoms with Gasteiger partial charge < -0.3 is 20.1 Å². The first-order valence-corrected chi connectivity index (χ1v) is 14.2. The topological polar surface area (TPSA) is 95.9 Å². The summed E-state index contributed by atoms with van der Waals surface area (Å²) in [5.41, 5.74) is 0.150. The minimum Gasteiger partial charge on any atom is -0.482 e. The fourth-order valence-corrected chi connectivity index (χ4v) is 5.22. The van der Waals surface area contributed by atoms with Crippen LogP contribution >= 0.6 is 0 Å². The molecular weight excluding hydrogens is 571 g/mol. The maximum absolute atomic E-state index is 14.7. The summed E-state index contributed by atoms with van der Waals surface area (Å²) in [6, 6.07) is 14.3. The first-order chi connectivity index (χ1) is 19.2. The molecule has 0 saturated carbocycles. The van der Waals surface area contributed by atoms with E-state index in [1.165, 1.54) is 60.4 Å². The van der Waals surface area contributed by atoms with E-state index >= 15 is 0 Å². The van der Waals surface area contributed by atoms with Gasteiger partial charge in [-0.1, -0.05) is 19.1 Å². The number of sulfone groups is 1. The summed E-state index contributed by atoms with van der Waals surface area (Å²) in [5.74, 6) is -4.02. The molecule has 1 aliphatic rings. The Balaban J connectivity index is 1.40. The van der Waals surface area contributed by atoms with E-state index in [2.05, 4.69) is 5.32 Å². The minimum atomic E-state index is -4.56. The molecular formula is C28H27F5N2O5S. The lowest BCUT2D eigenvalue weighted by atomic mass is 10.1. The number of rotatable bonds is 9. The summed E-state index contributed by atoms with van der Waals surface area (Å²) < 4.78 is 97.0. The van der Waals surface area contributed by atoms with E-state index in [0.29, 0.717) is 11.3 Å². The fourth-order valence-electron chi connectivity index (χ4n) is 4.34. The molecule has 3 aromatic carbocycles. The summed E-state index contributed by atoms with van der Waals surface area (Å²) in [5, 5.41) is 12.5. The molecule has 0 aliphatic carbocycles. The van der Waals surface area contributed by atoms with Gasteiger partial charge in [-0.05, 0) is 66.2 Å². The third-order valence-electron chi connectivity index (χ3n) is 6.72. The van der Waals surface area contributed by atoms with Crippen LogP contribution in [0.1, 0.15) is 34.5 Å². The molecule has 0 spiro atoms. The number of hydrogen-bond donors (Lipinski definition) is 2. The normalized spacial score (nSPS) is 17.7. The Bertz CT molecular complexity index is 1460. The molecule has 0 radical (unpaired) electrons. The molecule has 1 aliphatic heterocycles. The highest BCUT2D eigenvalue weighted by Crippen LogP contribution is 2.35. The Labute approximate surface area is 233 Å². The van der Waals surface area contributed by atoms with Gasteiger partial charge in [0.2, 0.25) is 0 Å². The van der Waals surface area contributed by atoms with Crippen molar-refractivity contribution >= 4 is 21.4 Å². The summed E-state index contributed by atoms with van der Waals surface area (Å²) in [4.78, 5) is 14.3. The molecule has 220 valence electrons. The van der Waals surface area contributed by atoms with Gasteiger partial charge >= 0.3 is 12.1 Å². The van der Waals surface area contributed by atoms with Crippen LogP contribution in [0.5, 0.6) is 5.75 Å². The van der Waals surface area contributed by atoms with E-state index < -0.39 is 58.7 Å². The van der Waals surface area contributed by atoms with Crippen LogP contribution in [0.4, 0.5) is 27.6 Å². The van der Waals surface area contributed by atoms with Crippen LogP contribution in [0.25, 0.3) is 0 Å². The summed E-state index contributed by atoms with van der Waals surface area (Å²) in [6.45, 7) is 0.138. The monoisotopic (exact) mass is 598 g/mol. The fraction of sp³-hybridized carbons (Fsp3) is 0.321. The number of hydrogen-bond acceptors (Lipinski definition) is 6. The lowest BCUT2D eigenvalue weighted by Crippen LogP contribution is -2.36. The number of carbonyl (C=O) groups excluding carboxylic acids is 1. The van der Waals surface area contributed by atoms with Gasteiger partial charge in [-0.25, -0.2) is 17.2 Å². The van der Waals surface area contributed by atoms with E-state index in [0.717, 1.165) is 24.3 Å². The average molecular weight is 599 g/mol. The largest absolute Gasteiger partial charge is 0.482 e. The second kappa shape index (κ2) is 11.6. The van der Waals surface area contributed by atoms with Crippen molar-refractivity contribution in [1.29, 1.82) is 0 Å². The predicted molar refractivity (Wildman–Crippen MR) is 141 cm³/mol. The molecule has 0 aromatic heterocycles. The summed E-state index contributed by atoms with van der Waals surface area (Å²) >= 11 is 0. The Morgan fingerprint density at radius 2 is 1.66 bits per heavy atom. The second-order valence-corrected chi connectivity index (χ2v) is 11.8. The highest BCUT2D eigenvalue weighted by Gasteiger charge is 2.50. The molecule has 1 heterocycles. The number of amides is 1. The maximum Gasteiger partial charge on any atom is 0.416 e. The summed E-state index contributed by atoms with van der Waals surface area (Å²) in [6.07, 6.45) is -6.16. The molecule has 3 aromatic rings. The predicted octanol–water partition coefficient (Wildman–Crippen LogP) is 4.87. The Morgan fingerprint density at radius 1 is 1.05 bits per heavy atom. The molecule has 1 amide bonds. The number of nitrogens with zero attached hydrogens (tertiary/aromatic N) is 1. The number of aliphatic hydroxyl groups is 1. The van der Waals surface area contributed by atoms with Crippen molar-refractivity contribution in [2.24, 2.45) is 0 Å². The van der Waals surface area contributed by atoms with E-state index in [4.69, 9.17) is 4.74 Å². The number of benzene rings is 3. The van der Waals surface area contributed by atoms with Crippen molar-refractivity contribution in [2.45, 2.75) is 36.1 Å². The average Bonchev–Trinajstić information content (AvgIpc) is 3.25. The number of carbonyl (C=O) groups is 1. The molecule has 13 heteroatoms. The third kappa shape index (κ3) is 6.96. The van der Waals surface area contributed by atoms with Gasteiger partial charge in [-0.15, -0.1) is 0 Å². The van der Waals surface area contributed by atoms with Gasteiger partial charge in [0.25, 0.3) is 5.91 Å². The van der Waals surface area contributed by atoms with E-state index in [1.807, 2.05) is 0 Å². The van der Waals surface area contributed by atoms with Gasteiger partial charge in [0.05, 0.1) is 42.0 Å². The smallest absolute Gasteiger partial charge is 0.416 e. The molecule has 4 rings (SSSR count). The molecule has 41 heavy (non-hydrogen) atoms. The van der Waals surface area contributed by atoms with Crippen molar-refractivity contribution in [3.8, 4) is 5.75 Å². The quantitative estimate of drug-likeness (QED) is 0.342. The van der Waals surface area contributed by atoms with E-state index in [9.17, 15) is 40.3 Å². The van der Waals surface area contributed by atoms with Gasteiger partial charge in [-0.2, -0.15) is 13.2 Å². The molecule has 1 fully saturated rings. The zero-order chi connectivity index (χ0) is 30.0. The Hall–Kier alpha value is -3.71.